The molecule has 40 heavy (non-hydrogen) atoms. The van der Waals surface area contributed by atoms with E-state index in [-0.39, 0.29) is 24.0 Å². The van der Waals surface area contributed by atoms with Gasteiger partial charge in [-0.2, -0.15) is 0 Å². The van der Waals surface area contributed by atoms with E-state index in [9.17, 15) is 9.59 Å². The first-order chi connectivity index (χ1) is 19.4. The van der Waals surface area contributed by atoms with Crippen LogP contribution < -0.4 is 24.8 Å². The molecule has 2 aliphatic heterocycles. The number of fused-ring (bicyclic) bond motifs is 1. The van der Waals surface area contributed by atoms with Crippen LogP contribution in [0.3, 0.4) is 0 Å². The van der Waals surface area contributed by atoms with E-state index in [0.29, 0.717) is 63.1 Å². The molecule has 2 N–H and O–H groups in total. The molecule has 0 radical (unpaired) electrons. The third-order valence-electron chi connectivity index (χ3n) is 7.20. The maximum absolute atomic E-state index is 13.6. The molecule has 10 heteroatoms. The highest BCUT2D eigenvalue weighted by Gasteiger charge is 2.34. The lowest BCUT2D eigenvalue weighted by atomic mass is 10.0. The summed E-state index contributed by atoms with van der Waals surface area (Å²) in [5.74, 6) is 1.84. The van der Waals surface area contributed by atoms with Crippen molar-refractivity contribution >= 4 is 12.0 Å². The lowest BCUT2D eigenvalue weighted by molar-refractivity contribution is 0.0521. The van der Waals surface area contributed by atoms with E-state index >= 15 is 0 Å². The first kappa shape index (κ1) is 29.5. The topological polar surface area (TPSA) is 108 Å². The Bertz CT molecular complexity index is 1160. The Morgan fingerprint density at radius 2 is 1.95 bits per heavy atom. The smallest absolute Gasteiger partial charge is 0.407 e. The molecule has 4 rings (SSSR count). The van der Waals surface area contributed by atoms with Crippen molar-refractivity contribution in [1.29, 1.82) is 0 Å². The van der Waals surface area contributed by atoms with E-state index in [4.69, 9.17) is 23.7 Å². The quantitative estimate of drug-likeness (QED) is 0.362. The Morgan fingerprint density at radius 3 is 2.73 bits per heavy atom. The minimum absolute atomic E-state index is 0.0442. The number of carbonyl (C=O) groups is 2. The van der Waals surface area contributed by atoms with Gasteiger partial charge in [0, 0.05) is 70.3 Å². The van der Waals surface area contributed by atoms with Crippen molar-refractivity contribution in [2.75, 3.05) is 53.7 Å². The van der Waals surface area contributed by atoms with Crippen LogP contribution in [0.1, 0.15) is 41.8 Å². The number of ether oxygens (including phenoxy) is 5. The Morgan fingerprint density at radius 1 is 1.10 bits per heavy atom. The molecule has 218 valence electrons. The van der Waals surface area contributed by atoms with Gasteiger partial charge in [0.25, 0.3) is 5.91 Å². The van der Waals surface area contributed by atoms with Crippen LogP contribution in [0.15, 0.2) is 36.4 Å². The summed E-state index contributed by atoms with van der Waals surface area (Å²) in [5, 5.41) is 6.17. The number of hydrogen-bond donors (Lipinski definition) is 2. The van der Waals surface area contributed by atoms with Gasteiger partial charge in [-0.3, -0.25) is 4.79 Å². The predicted molar refractivity (Wildman–Crippen MR) is 150 cm³/mol. The average Bonchev–Trinajstić information content (AvgIpc) is 3.61. The Hall–Kier alpha value is -3.50. The van der Waals surface area contributed by atoms with Crippen LogP contribution in [0.2, 0.25) is 0 Å². The second-order valence-electron chi connectivity index (χ2n) is 10.4. The van der Waals surface area contributed by atoms with Crippen molar-refractivity contribution in [2.24, 2.45) is 5.92 Å². The molecule has 0 spiro atoms. The molecule has 0 aromatic heterocycles. The van der Waals surface area contributed by atoms with Gasteiger partial charge in [-0.15, -0.1) is 0 Å². The minimum Gasteiger partial charge on any atom is -0.493 e. The predicted octanol–water partition coefficient (Wildman–Crippen LogP) is 3.41. The largest absolute Gasteiger partial charge is 0.493 e. The first-order valence-corrected chi connectivity index (χ1v) is 13.9. The van der Waals surface area contributed by atoms with Gasteiger partial charge < -0.3 is 39.2 Å². The number of nitrogens with one attached hydrogen (secondary N) is 2. The minimum atomic E-state index is -0.469. The summed E-state index contributed by atoms with van der Waals surface area (Å²) in [6, 6.07) is 11.1. The number of rotatable bonds is 13. The van der Waals surface area contributed by atoms with E-state index in [2.05, 4.69) is 16.7 Å². The highest BCUT2D eigenvalue weighted by atomic mass is 16.6. The number of hydrogen-bond acceptors (Lipinski definition) is 8. The molecule has 0 bridgehead atoms. The Kier molecular flexibility index (Phi) is 10.5. The summed E-state index contributed by atoms with van der Waals surface area (Å²) in [7, 11) is 3.22. The van der Waals surface area contributed by atoms with Crippen LogP contribution in [0.4, 0.5) is 4.79 Å². The SMILES string of the molecule is COCCCOc1cc(C(=O)N(C[C@H]2CNC[C@H]2OC(=O)NCc2ccc3c(c2)CCO3)C(C)C)ccc1OC. The lowest BCUT2D eigenvalue weighted by Crippen LogP contribution is -2.44. The number of amides is 2. The summed E-state index contributed by atoms with van der Waals surface area (Å²) in [4.78, 5) is 28.1. The fourth-order valence-corrected chi connectivity index (χ4v) is 4.99. The molecule has 0 unspecified atom stereocenters. The maximum atomic E-state index is 13.6. The van der Waals surface area contributed by atoms with E-state index in [1.54, 1.807) is 32.4 Å². The Labute approximate surface area is 236 Å². The summed E-state index contributed by atoms with van der Waals surface area (Å²) in [5.41, 5.74) is 2.67. The average molecular weight is 556 g/mol. The number of methoxy groups -OCH3 is 2. The van der Waals surface area contributed by atoms with Crippen LogP contribution in [0.5, 0.6) is 17.2 Å². The van der Waals surface area contributed by atoms with Crippen molar-refractivity contribution in [2.45, 2.75) is 45.4 Å². The molecular formula is C30H41N3O7. The van der Waals surface area contributed by atoms with E-state index in [1.807, 2.05) is 30.9 Å². The zero-order valence-corrected chi connectivity index (χ0v) is 23.9. The highest BCUT2D eigenvalue weighted by Crippen LogP contribution is 2.30. The van der Waals surface area contributed by atoms with Crippen molar-refractivity contribution in [3.8, 4) is 17.2 Å². The molecule has 2 aromatic carbocycles. The van der Waals surface area contributed by atoms with Crippen LogP contribution in [-0.4, -0.2) is 82.7 Å². The van der Waals surface area contributed by atoms with Crippen LogP contribution in [-0.2, 0) is 22.4 Å². The van der Waals surface area contributed by atoms with Crippen LogP contribution in [0.25, 0.3) is 0 Å². The van der Waals surface area contributed by atoms with Gasteiger partial charge in [0.2, 0.25) is 0 Å². The van der Waals surface area contributed by atoms with E-state index < -0.39 is 6.09 Å². The molecule has 2 heterocycles. The summed E-state index contributed by atoms with van der Waals surface area (Å²) < 4.78 is 27.7. The third kappa shape index (κ3) is 7.57. The van der Waals surface area contributed by atoms with Crippen LogP contribution >= 0.6 is 0 Å². The summed E-state index contributed by atoms with van der Waals surface area (Å²) in [6.07, 6.45) is 0.788. The van der Waals surface area contributed by atoms with Crippen molar-refractivity contribution in [3.05, 3.63) is 53.1 Å². The number of nitrogens with zero attached hydrogens (tertiary/aromatic N) is 1. The van der Waals surface area contributed by atoms with Gasteiger partial charge >= 0.3 is 6.09 Å². The molecule has 10 nitrogen and oxygen atoms in total. The molecule has 2 amide bonds. The van der Waals surface area contributed by atoms with E-state index in [1.165, 1.54) is 0 Å². The van der Waals surface area contributed by atoms with Gasteiger partial charge in [0.1, 0.15) is 11.9 Å². The van der Waals surface area contributed by atoms with Crippen LogP contribution in [0, 0.1) is 5.92 Å². The standard InChI is InChI=1S/C30H41N3O7/c1-20(2)33(29(34)23-7-9-26(37-4)27(15-23)38-12-5-11-36-3)19-24-17-31-18-28(24)40-30(35)32-16-21-6-8-25-22(14-21)10-13-39-25/h6-9,14-15,20,24,28,31H,5,10-13,16-19H2,1-4H3,(H,32,35)/t24-,28-/m1/s1. The number of alkyl carbamates (subject to hydrolysis) is 1. The molecule has 2 aromatic rings. The maximum Gasteiger partial charge on any atom is 0.407 e. The first-order valence-electron chi connectivity index (χ1n) is 13.9. The lowest BCUT2D eigenvalue weighted by Gasteiger charge is -2.31. The van der Waals surface area contributed by atoms with E-state index in [0.717, 1.165) is 29.7 Å². The Balaban J connectivity index is 1.35. The summed E-state index contributed by atoms with van der Waals surface area (Å²) >= 11 is 0. The summed E-state index contributed by atoms with van der Waals surface area (Å²) in [6.45, 7) is 7.71. The van der Waals surface area contributed by atoms with Gasteiger partial charge in [-0.05, 0) is 49.2 Å². The number of benzene rings is 2. The van der Waals surface area contributed by atoms with Gasteiger partial charge in [0.05, 0.1) is 20.3 Å². The van der Waals surface area contributed by atoms with Gasteiger partial charge in [-0.25, -0.2) is 4.79 Å². The molecule has 1 fully saturated rings. The fraction of sp³-hybridized carbons (Fsp3) is 0.533. The molecule has 2 atom stereocenters. The molecule has 2 aliphatic rings. The van der Waals surface area contributed by atoms with Crippen molar-refractivity contribution in [1.82, 2.24) is 15.5 Å². The molecule has 0 saturated carbocycles. The molecule has 0 aliphatic carbocycles. The van der Waals surface area contributed by atoms with Gasteiger partial charge in [0.15, 0.2) is 11.5 Å². The molecular weight excluding hydrogens is 514 g/mol. The normalized spacial score (nSPS) is 17.7. The van der Waals surface area contributed by atoms with Crippen molar-refractivity contribution in [3.63, 3.8) is 0 Å². The molecule has 1 saturated heterocycles. The van der Waals surface area contributed by atoms with Crippen molar-refractivity contribution < 1.29 is 33.3 Å². The number of carbonyl (C=O) groups excluding carboxylic acids is 2. The zero-order valence-electron chi connectivity index (χ0n) is 23.9. The highest BCUT2D eigenvalue weighted by molar-refractivity contribution is 5.95. The second kappa shape index (κ2) is 14.2. The fourth-order valence-electron chi connectivity index (χ4n) is 4.99. The second-order valence-corrected chi connectivity index (χ2v) is 10.4. The third-order valence-corrected chi connectivity index (χ3v) is 7.20. The zero-order chi connectivity index (χ0) is 28.5. The monoisotopic (exact) mass is 555 g/mol. The van der Waals surface area contributed by atoms with Gasteiger partial charge in [-0.1, -0.05) is 12.1 Å².